The molecule has 0 atom stereocenters. The average molecular weight is 364 g/mol. The summed E-state index contributed by atoms with van der Waals surface area (Å²) < 4.78 is 38.2. The monoisotopic (exact) mass is 364 g/mol. The first-order chi connectivity index (χ1) is 11.9. The van der Waals surface area contributed by atoms with Crippen LogP contribution in [-0.2, 0) is 10.0 Å². The van der Waals surface area contributed by atoms with Crippen LogP contribution < -0.4 is 0 Å². The van der Waals surface area contributed by atoms with E-state index in [0.717, 1.165) is 36.5 Å². The van der Waals surface area contributed by atoms with Gasteiger partial charge in [0.05, 0.1) is 4.90 Å². The maximum Gasteiger partial charge on any atom is 0.282 e. The van der Waals surface area contributed by atoms with Crippen LogP contribution in [-0.4, -0.2) is 49.1 Å². The molecule has 0 unspecified atom stereocenters. The number of nitrogens with zero attached hydrogens (tertiary/aromatic N) is 5. The Balaban J connectivity index is 1.89. The zero-order valence-electron chi connectivity index (χ0n) is 12.2. The summed E-state index contributed by atoms with van der Waals surface area (Å²) in [4.78, 5) is 11.6. The normalized spacial score (nSPS) is 12.3. The smallest absolute Gasteiger partial charge is 0.282 e. The van der Waals surface area contributed by atoms with E-state index in [4.69, 9.17) is 0 Å². The molecule has 3 aromatic rings. The van der Waals surface area contributed by atoms with Crippen LogP contribution in [0.25, 0.3) is 5.76 Å². The number of tetrazole rings is 1. The van der Waals surface area contributed by atoms with E-state index in [9.17, 15) is 22.7 Å². The van der Waals surface area contributed by atoms with Crippen molar-refractivity contribution in [3.05, 3.63) is 59.9 Å². The molecule has 3 rings (SSSR count). The van der Waals surface area contributed by atoms with Crippen molar-refractivity contribution < 1.29 is 22.7 Å². The van der Waals surface area contributed by atoms with Crippen molar-refractivity contribution in [3.63, 3.8) is 0 Å². The summed E-state index contributed by atoms with van der Waals surface area (Å²) in [5, 5.41) is 25.8. The predicted molar refractivity (Wildman–Crippen MR) is 80.3 cm³/mol. The number of aliphatic hydroxyl groups excluding tert-OH is 1. The van der Waals surface area contributed by atoms with Crippen LogP contribution in [0.4, 0.5) is 4.39 Å². The molecule has 0 bridgehead atoms. The lowest BCUT2D eigenvalue weighted by Crippen LogP contribution is -2.14. The number of benzene rings is 1. The summed E-state index contributed by atoms with van der Waals surface area (Å²) in [6.07, 6.45) is 1.86. The topological polar surface area (TPSA) is 144 Å². The summed E-state index contributed by atoms with van der Waals surface area (Å²) in [6.45, 7) is 0. The maximum absolute atomic E-state index is 12.9. The molecular weight excluding hydrogens is 355 g/mol. The highest BCUT2D eigenvalue weighted by Gasteiger charge is 2.19. The van der Waals surface area contributed by atoms with E-state index < -0.39 is 27.4 Å². The Morgan fingerprint density at radius 1 is 1.24 bits per heavy atom. The molecule has 0 saturated heterocycles. The number of halogens is 1. The molecule has 2 heterocycles. The van der Waals surface area contributed by atoms with Crippen LogP contribution in [0.15, 0.2) is 47.5 Å². The van der Waals surface area contributed by atoms with Crippen LogP contribution in [0.2, 0.25) is 0 Å². The number of aliphatic hydroxyl groups is 1. The Kier molecular flexibility index (Phi) is 4.10. The highest BCUT2D eigenvalue weighted by atomic mass is 32.2. The van der Waals surface area contributed by atoms with E-state index in [-0.39, 0.29) is 16.4 Å². The molecule has 0 saturated carbocycles. The van der Waals surface area contributed by atoms with Gasteiger partial charge in [0.15, 0.2) is 0 Å². The summed E-state index contributed by atoms with van der Waals surface area (Å²) in [6, 6.07) is 5.36. The summed E-state index contributed by atoms with van der Waals surface area (Å²) in [7, 11) is -4.06. The second-order valence-electron chi connectivity index (χ2n) is 4.66. The Labute approximate surface area is 139 Å². The van der Waals surface area contributed by atoms with Gasteiger partial charge in [0.1, 0.15) is 17.3 Å². The SMILES string of the molecule is O=C(C=C(O)c1ccn(S(=O)(=O)c2ccc(F)cc2)n1)c1nn[nH]n1. The van der Waals surface area contributed by atoms with Crippen LogP contribution in [0.3, 0.4) is 0 Å². The molecule has 0 radical (unpaired) electrons. The van der Waals surface area contributed by atoms with Crippen molar-refractivity contribution in [2.24, 2.45) is 0 Å². The second-order valence-corrected chi connectivity index (χ2v) is 6.46. The number of ketones is 1. The Bertz CT molecular complexity index is 1040. The molecule has 0 fully saturated rings. The van der Waals surface area contributed by atoms with Gasteiger partial charge >= 0.3 is 0 Å². The van der Waals surface area contributed by atoms with Crippen molar-refractivity contribution in [1.29, 1.82) is 0 Å². The average Bonchev–Trinajstić information content (AvgIpc) is 3.27. The number of H-pyrrole nitrogens is 1. The Morgan fingerprint density at radius 3 is 2.60 bits per heavy atom. The zero-order valence-corrected chi connectivity index (χ0v) is 13.1. The third-order valence-corrected chi connectivity index (χ3v) is 4.58. The molecule has 2 aromatic heterocycles. The number of hydrogen-bond donors (Lipinski definition) is 2. The molecule has 1 aromatic carbocycles. The molecule has 0 aliphatic rings. The van der Waals surface area contributed by atoms with Gasteiger partial charge in [-0.15, -0.1) is 10.2 Å². The third-order valence-electron chi connectivity index (χ3n) is 3.02. The number of aromatic amines is 1. The lowest BCUT2D eigenvalue weighted by molar-refractivity contribution is 0.103. The van der Waals surface area contributed by atoms with Crippen molar-refractivity contribution in [2.75, 3.05) is 0 Å². The van der Waals surface area contributed by atoms with Crippen molar-refractivity contribution >= 4 is 21.6 Å². The van der Waals surface area contributed by atoms with Gasteiger partial charge in [0.2, 0.25) is 11.6 Å². The summed E-state index contributed by atoms with van der Waals surface area (Å²) in [5.41, 5.74) is -0.164. The number of allylic oxidation sites excluding steroid dienone is 1. The number of carbonyl (C=O) groups is 1. The van der Waals surface area contributed by atoms with E-state index in [1.165, 1.54) is 6.07 Å². The molecule has 2 N–H and O–H groups in total. The fourth-order valence-corrected chi connectivity index (χ4v) is 2.93. The first-order valence-corrected chi connectivity index (χ1v) is 8.07. The first kappa shape index (κ1) is 16.4. The predicted octanol–water partition coefficient (Wildman–Crippen LogP) is 0.554. The molecule has 10 nitrogen and oxygen atoms in total. The van der Waals surface area contributed by atoms with Gasteiger partial charge in [-0.2, -0.15) is 22.8 Å². The fourth-order valence-electron chi connectivity index (χ4n) is 1.82. The highest BCUT2D eigenvalue weighted by Crippen LogP contribution is 2.16. The lowest BCUT2D eigenvalue weighted by Gasteiger charge is -2.03. The lowest BCUT2D eigenvalue weighted by atomic mass is 10.2. The molecule has 128 valence electrons. The van der Waals surface area contributed by atoms with Gasteiger partial charge in [-0.25, -0.2) is 4.39 Å². The van der Waals surface area contributed by atoms with Crippen LogP contribution in [0.1, 0.15) is 16.3 Å². The van der Waals surface area contributed by atoms with Crippen molar-refractivity contribution in [3.8, 4) is 0 Å². The van der Waals surface area contributed by atoms with Crippen molar-refractivity contribution in [2.45, 2.75) is 4.90 Å². The quantitative estimate of drug-likeness (QED) is 0.379. The van der Waals surface area contributed by atoms with Crippen LogP contribution in [0.5, 0.6) is 0 Å². The molecule has 25 heavy (non-hydrogen) atoms. The van der Waals surface area contributed by atoms with Crippen molar-refractivity contribution in [1.82, 2.24) is 29.8 Å². The maximum atomic E-state index is 12.9. The second kappa shape index (κ2) is 6.24. The summed E-state index contributed by atoms with van der Waals surface area (Å²) >= 11 is 0. The largest absolute Gasteiger partial charge is 0.505 e. The molecule has 0 aliphatic heterocycles. The van der Waals surface area contributed by atoms with E-state index in [1.54, 1.807) is 0 Å². The van der Waals surface area contributed by atoms with Gasteiger partial charge in [0, 0.05) is 12.3 Å². The number of rotatable bonds is 5. The minimum absolute atomic E-state index is 0.164. The van der Waals surface area contributed by atoms with E-state index in [1.807, 2.05) is 0 Å². The third kappa shape index (κ3) is 3.28. The Morgan fingerprint density at radius 2 is 1.96 bits per heavy atom. The minimum Gasteiger partial charge on any atom is -0.505 e. The van der Waals surface area contributed by atoms with Gasteiger partial charge < -0.3 is 5.11 Å². The van der Waals surface area contributed by atoms with E-state index >= 15 is 0 Å². The zero-order chi connectivity index (χ0) is 18.0. The number of nitrogens with one attached hydrogen (secondary N) is 1. The molecule has 0 spiro atoms. The van der Waals surface area contributed by atoms with Crippen LogP contribution in [0, 0.1) is 5.82 Å². The summed E-state index contributed by atoms with van der Waals surface area (Å²) in [5.74, 6) is -2.18. The van der Waals surface area contributed by atoms with E-state index in [2.05, 4.69) is 25.7 Å². The number of carbonyl (C=O) groups excluding carboxylic acids is 1. The Hall–Kier alpha value is -3.41. The van der Waals surface area contributed by atoms with Gasteiger partial charge in [-0.3, -0.25) is 4.79 Å². The first-order valence-electron chi connectivity index (χ1n) is 6.63. The molecule has 12 heteroatoms. The van der Waals surface area contributed by atoms with Gasteiger partial charge in [-0.05, 0) is 35.5 Å². The van der Waals surface area contributed by atoms with E-state index in [0.29, 0.717) is 4.09 Å². The molecular formula is C13H9FN6O4S. The minimum atomic E-state index is -4.06. The van der Waals surface area contributed by atoms with Gasteiger partial charge in [-0.1, -0.05) is 0 Å². The van der Waals surface area contributed by atoms with Crippen LogP contribution >= 0.6 is 0 Å². The fraction of sp³-hybridized carbons (Fsp3) is 0. The number of aromatic nitrogens is 6. The standard InChI is InChI=1S/C13H9FN6O4S/c14-8-1-3-9(4-2-8)25(23,24)20-6-5-10(17-20)11(21)7-12(22)13-15-18-19-16-13/h1-7,21H,(H,15,16,18,19). The van der Waals surface area contributed by atoms with Gasteiger partial charge in [0.25, 0.3) is 10.0 Å². The molecule has 0 amide bonds. The number of hydrogen-bond acceptors (Lipinski definition) is 8. The highest BCUT2D eigenvalue weighted by molar-refractivity contribution is 7.89. The molecule has 0 aliphatic carbocycles.